The third-order valence-electron chi connectivity index (χ3n) is 2.75. The van der Waals surface area contributed by atoms with Gasteiger partial charge in [-0.25, -0.2) is 4.39 Å². The lowest BCUT2D eigenvalue weighted by atomic mass is 10.0. The van der Waals surface area contributed by atoms with Crippen molar-refractivity contribution in [2.45, 2.75) is 13.3 Å². The number of rotatable bonds is 3. The number of halogens is 1. The van der Waals surface area contributed by atoms with Gasteiger partial charge in [-0.15, -0.1) is 0 Å². The van der Waals surface area contributed by atoms with Crippen LogP contribution in [0.2, 0.25) is 0 Å². The number of amides is 1. The zero-order chi connectivity index (χ0) is 13.0. The quantitative estimate of drug-likeness (QED) is 0.876. The summed E-state index contributed by atoms with van der Waals surface area (Å²) in [6.45, 7) is 1.83. The van der Waals surface area contributed by atoms with Gasteiger partial charge in [0, 0.05) is 16.8 Å². The van der Waals surface area contributed by atoms with Crippen molar-refractivity contribution in [2.24, 2.45) is 0 Å². The van der Waals surface area contributed by atoms with Gasteiger partial charge in [0.25, 0.3) is 5.91 Å². The first kappa shape index (κ1) is 12.3. The lowest BCUT2D eigenvalue weighted by Gasteiger charge is -2.09. The number of para-hydroxylation sites is 1. The molecule has 0 saturated heterocycles. The molecule has 2 nitrogen and oxygen atoms in total. The highest BCUT2D eigenvalue weighted by Crippen LogP contribution is 2.16. The number of hydrogen-bond donors (Lipinski definition) is 1. The molecule has 3 heteroatoms. The summed E-state index contributed by atoms with van der Waals surface area (Å²) in [5.74, 6) is -0.615. The highest BCUT2D eigenvalue weighted by Gasteiger charge is 2.13. The monoisotopic (exact) mass is 243 g/mol. The summed E-state index contributed by atoms with van der Waals surface area (Å²) < 4.78 is 13.6. The smallest absolute Gasteiger partial charge is 0.256 e. The van der Waals surface area contributed by atoms with Gasteiger partial charge in [-0.1, -0.05) is 31.2 Å². The minimum atomic E-state index is -0.335. The van der Waals surface area contributed by atoms with Crippen LogP contribution in [-0.4, -0.2) is 5.91 Å². The van der Waals surface area contributed by atoms with Crippen LogP contribution in [-0.2, 0) is 6.42 Å². The number of benzene rings is 2. The van der Waals surface area contributed by atoms with Gasteiger partial charge in [0.1, 0.15) is 5.82 Å². The highest BCUT2D eigenvalue weighted by molar-refractivity contribution is 6.05. The molecule has 2 aromatic carbocycles. The lowest BCUT2D eigenvalue weighted by Crippen LogP contribution is -2.14. The highest BCUT2D eigenvalue weighted by atomic mass is 19.1. The second kappa shape index (κ2) is 5.45. The Morgan fingerprint density at radius 1 is 1.11 bits per heavy atom. The van der Waals surface area contributed by atoms with Crippen LogP contribution >= 0.6 is 0 Å². The van der Waals surface area contributed by atoms with Crippen LogP contribution in [0, 0.1) is 5.82 Å². The van der Waals surface area contributed by atoms with Crippen molar-refractivity contribution in [1.29, 1.82) is 0 Å². The maximum atomic E-state index is 13.6. The number of carbonyl (C=O) groups excluding carboxylic acids is 1. The predicted molar refractivity (Wildman–Crippen MR) is 70.2 cm³/mol. The molecule has 0 aliphatic rings. The van der Waals surface area contributed by atoms with Gasteiger partial charge in [-0.3, -0.25) is 4.79 Å². The van der Waals surface area contributed by atoms with E-state index in [2.05, 4.69) is 5.32 Å². The summed E-state index contributed by atoms with van der Waals surface area (Å²) in [4.78, 5) is 12.1. The van der Waals surface area contributed by atoms with Crippen LogP contribution in [0.25, 0.3) is 0 Å². The molecule has 0 radical (unpaired) electrons. The molecule has 0 unspecified atom stereocenters. The van der Waals surface area contributed by atoms with E-state index >= 15 is 0 Å². The first-order chi connectivity index (χ1) is 8.72. The Balaban J connectivity index is 2.27. The predicted octanol–water partition coefficient (Wildman–Crippen LogP) is 3.64. The van der Waals surface area contributed by atoms with Crippen LogP contribution < -0.4 is 5.32 Å². The van der Waals surface area contributed by atoms with Crippen molar-refractivity contribution in [3.63, 3.8) is 0 Å². The molecule has 2 aromatic rings. The second-order valence-electron chi connectivity index (χ2n) is 3.94. The molecule has 0 fully saturated rings. The first-order valence-electron chi connectivity index (χ1n) is 5.86. The summed E-state index contributed by atoms with van der Waals surface area (Å²) >= 11 is 0. The number of nitrogens with one attached hydrogen (secondary N) is 1. The van der Waals surface area contributed by atoms with Gasteiger partial charge < -0.3 is 5.32 Å². The number of carbonyl (C=O) groups is 1. The van der Waals surface area contributed by atoms with E-state index in [9.17, 15) is 9.18 Å². The number of anilines is 1. The molecular formula is C15H14FNO. The molecule has 0 aliphatic heterocycles. The lowest BCUT2D eigenvalue weighted by molar-refractivity contribution is 0.102. The van der Waals surface area contributed by atoms with E-state index in [1.54, 1.807) is 24.3 Å². The van der Waals surface area contributed by atoms with Gasteiger partial charge in [-0.05, 0) is 30.7 Å². The van der Waals surface area contributed by atoms with Crippen LogP contribution in [0.15, 0.2) is 48.5 Å². The standard InChI is InChI=1S/C15H14FNO/c1-2-12-13(9-6-10-14(12)16)15(18)17-11-7-4-3-5-8-11/h3-10H,2H2,1H3,(H,17,18). The average Bonchev–Trinajstić information content (AvgIpc) is 2.39. The Morgan fingerprint density at radius 2 is 1.83 bits per heavy atom. The summed E-state index contributed by atoms with van der Waals surface area (Å²) in [6, 6.07) is 13.7. The second-order valence-corrected chi connectivity index (χ2v) is 3.94. The molecule has 0 atom stereocenters. The summed E-state index contributed by atoms with van der Waals surface area (Å²) in [5.41, 5.74) is 1.54. The minimum absolute atomic E-state index is 0.280. The molecule has 92 valence electrons. The van der Waals surface area contributed by atoms with Crippen molar-refractivity contribution in [3.05, 3.63) is 65.5 Å². The van der Waals surface area contributed by atoms with Crippen molar-refractivity contribution < 1.29 is 9.18 Å². The minimum Gasteiger partial charge on any atom is -0.322 e. The summed E-state index contributed by atoms with van der Waals surface area (Å²) in [5, 5.41) is 2.75. The van der Waals surface area contributed by atoms with Crippen molar-refractivity contribution in [1.82, 2.24) is 0 Å². The van der Waals surface area contributed by atoms with Crippen molar-refractivity contribution in [3.8, 4) is 0 Å². The third kappa shape index (κ3) is 2.56. The Kier molecular flexibility index (Phi) is 3.72. The molecule has 0 saturated carbocycles. The first-order valence-corrected chi connectivity index (χ1v) is 5.86. The van der Waals surface area contributed by atoms with Crippen molar-refractivity contribution >= 4 is 11.6 Å². The molecule has 0 aliphatic carbocycles. The van der Waals surface area contributed by atoms with E-state index in [1.807, 2.05) is 25.1 Å². The van der Waals surface area contributed by atoms with E-state index in [0.29, 0.717) is 23.2 Å². The Hall–Kier alpha value is -2.16. The zero-order valence-electron chi connectivity index (χ0n) is 10.1. The van der Waals surface area contributed by atoms with Crippen molar-refractivity contribution in [2.75, 3.05) is 5.32 Å². The van der Waals surface area contributed by atoms with Crippen LogP contribution in [0.5, 0.6) is 0 Å². The maximum absolute atomic E-state index is 13.6. The van der Waals surface area contributed by atoms with E-state index < -0.39 is 0 Å². The van der Waals surface area contributed by atoms with Gasteiger partial charge in [0.15, 0.2) is 0 Å². The topological polar surface area (TPSA) is 29.1 Å². The van der Waals surface area contributed by atoms with E-state index in [0.717, 1.165) is 0 Å². The Bertz CT molecular complexity index is 552. The molecule has 0 bridgehead atoms. The molecular weight excluding hydrogens is 229 g/mol. The molecule has 1 amide bonds. The normalized spacial score (nSPS) is 10.1. The molecule has 1 N–H and O–H groups in total. The molecule has 0 heterocycles. The average molecular weight is 243 g/mol. The van der Waals surface area contributed by atoms with Gasteiger partial charge in [0.05, 0.1) is 0 Å². The zero-order valence-corrected chi connectivity index (χ0v) is 10.1. The van der Waals surface area contributed by atoms with E-state index in [4.69, 9.17) is 0 Å². The molecule has 2 rings (SSSR count). The van der Waals surface area contributed by atoms with E-state index in [-0.39, 0.29) is 11.7 Å². The van der Waals surface area contributed by atoms with Crippen LogP contribution in [0.4, 0.5) is 10.1 Å². The fraction of sp³-hybridized carbons (Fsp3) is 0.133. The van der Waals surface area contributed by atoms with E-state index in [1.165, 1.54) is 6.07 Å². The fourth-order valence-corrected chi connectivity index (χ4v) is 1.85. The molecule has 0 aromatic heterocycles. The Labute approximate surface area is 105 Å². The van der Waals surface area contributed by atoms with Gasteiger partial charge in [-0.2, -0.15) is 0 Å². The largest absolute Gasteiger partial charge is 0.322 e. The molecule has 18 heavy (non-hydrogen) atoms. The fourth-order valence-electron chi connectivity index (χ4n) is 1.85. The van der Waals surface area contributed by atoms with Gasteiger partial charge >= 0.3 is 0 Å². The summed E-state index contributed by atoms with van der Waals surface area (Å²) in [6.07, 6.45) is 0.490. The van der Waals surface area contributed by atoms with Crippen LogP contribution in [0.1, 0.15) is 22.8 Å². The Morgan fingerprint density at radius 3 is 2.50 bits per heavy atom. The number of hydrogen-bond acceptors (Lipinski definition) is 1. The molecule has 0 spiro atoms. The van der Waals surface area contributed by atoms with Gasteiger partial charge in [0.2, 0.25) is 0 Å². The maximum Gasteiger partial charge on any atom is 0.256 e. The third-order valence-corrected chi connectivity index (χ3v) is 2.75. The van der Waals surface area contributed by atoms with Crippen LogP contribution in [0.3, 0.4) is 0 Å². The SMILES string of the molecule is CCc1c(F)cccc1C(=O)Nc1ccccc1. The summed E-state index contributed by atoms with van der Waals surface area (Å²) in [7, 11) is 0.